The summed E-state index contributed by atoms with van der Waals surface area (Å²) in [7, 11) is 0. The fourth-order valence-electron chi connectivity index (χ4n) is 7.16. The lowest BCUT2D eigenvalue weighted by Crippen LogP contribution is -2.45. The van der Waals surface area contributed by atoms with E-state index in [0.29, 0.717) is 56.0 Å². The van der Waals surface area contributed by atoms with Crippen molar-refractivity contribution >= 4 is 23.4 Å². The van der Waals surface area contributed by atoms with Crippen molar-refractivity contribution in [1.82, 2.24) is 9.80 Å². The highest BCUT2D eigenvalue weighted by Crippen LogP contribution is 2.50. The van der Waals surface area contributed by atoms with Crippen LogP contribution in [0.4, 0.5) is 10.1 Å². The minimum Gasteiger partial charge on any atom is -0.461 e. The normalized spacial score (nSPS) is 18.5. The number of halogens is 1. The van der Waals surface area contributed by atoms with Crippen molar-refractivity contribution in [3.8, 4) is 0 Å². The maximum Gasteiger partial charge on any atom is 0.372 e. The lowest BCUT2D eigenvalue weighted by molar-refractivity contribution is -0.385. The van der Waals surface area contributed by atoms with Gasteiger partial charge in [0, 0.05) is 47.6 Å². The maximum atomic E-state index is 14.4. The number of benzene rings is 3. The van der Waals surface area contributed by atoms with Gasteiger partial charge >= 0.3 is 11.9 Å². The average Bonchev–Trinajstić information content (AvgIpc) is 3.13. The Bertz CT molecular complexity index is 1830. The summed E-state index contributed by atoms with van der Waals surface area (Å²) in [5, 5.41) is 12.4. The Balaban J connectivity index is 1.43. The molecule has 0 saturated carbocycles. The molecule has 268 valence electrons. The van der Waals surface area contributed by atoms with E-state index in [1.165, 1.54) is 42.5 Å². The number of carbonyl (C=O) groups is 3. The van der Waals surface area contributed by atoms with Crippen LogP contribution in [0.25, 0.3) is 0 Å². The smallest absolute Gasteiger partial charge is 0.372 e. The van der Waals surface area contributed by atoms with Crippen molar-refractivity contribution in [2.45, 2.75) is 52.5 Å². The van der Waals surface area contributed by atoms with Crippen LogP contribution in [0.5, 0.6) is 0 Å². The predicted octanol–water partition coefficient (Wildman–Crippen LogP) is 6.69. The number of Topliss-reactive ketones (excluding diaryl/α,β-unsaturated/α-hetero) is 1. The molecule has 11 nitrogen and oxygen atoms in total. The van der Waals surface area contributed by atoms with Crippen LogP contribution in [0.3, 0.4) is 0 Å². The van der Waals surface area contributed by atoms with Crippen LogP contribution >= 0.6 is 0 Å². The third-order valence-electron chi connectivity index (χ3n) is 9.74. The number of ether oxygens (including phenoxy) is 1. The molecule has 1 fully saturated rings. The molecule has 1 unspecified atom stereocenters. The number of ketones is 1. The highest BCUT2D eigenvalue weighted by Gasteiger charge is 2.52. The fourth-order valence-corrected chi connectivity index (χ4v) is 7.16. The molecule has 0 radical (unpaired) electrons. The zero-order valence-electron chi connectivity index (χ0n) is 29.2. The van der Waals surface area contributed by atoms with Crippen molar-refractivity contribution in [2.24, 2.45) is 5.92 Å². The Kier molecular flexibility index (Phi) is 11.8. The molecule has 1 atom stereocenters. The minimum absolute atomic E-state index is 0.000735. The molecular formula is C39H42FN3O8. The number of hydrogen-bond donors (Lipinski definition) is 0. The van der Waals surface area contributed by atoms with Crippen molar-refractivity contribution in [3.05, 3.63) is 134 Å². The van der Waals surface area contributed by atoms with E-state index in [0.717, 1.165) is 5.56 Å². The Hall–Kier alpha value is -5.20. The lowest BCUT2D eigenvalue weighted by Gasteiger charge is -2.43. The van der Waals surface area contributed by atoms with Gasteiger partial charge in [-0.15, -0.1) is 0 Å². The zero-order chi connectivity index (χ0) is 36.7. The number of esters is 1. The molecule has 0 N–H and O–H groups in total. The lowest BCUT2D eigenvalue weighted by atomic mass is 9.66. The molecular weight excluding hydrogens is 657 g/mol. The summed E-state index contributed by atoms with van der Waals surface area (Å²) in [6.45, 7) is 8.66. The molecule has 51 heavy (non-hydrogen) atoms. The molecule has 0 spiro atoms. The van der Waals surface area contributed by atoms with Crippen molar-refractivity contribution in [3.63, 3.8) is 0 Å². The molecule has 12 heteroatoms. The summed E-state index contributed by atoms with van der Waals surface area (Å²) in [5.74, 6) is -2.22. The SMILES string of the molecule is CCOOC(=O)C1=C(C)N(Cc2ccccc2)C(C)=C(C(=O)OCCN2CCC(C(=O)c3ccc(F)cc3)CC2)C1(C)c1ccccc1[N+](=O)[O-]. The molecule has 0 aliphatic carbocycles. The van der Waals surface area contributed by atoms with Crippen LogP contribution in [0.2, 0.25) is 0 Å². The van der Waals surface area contributed by atoms with Gasteiger partial charge in [-0.05, 0) is 83.5 Å². The van der Waals surface area contributed by atoms with Gasteiger partial charge in [0.15, 0.2) is 5.78 Å². The second-order valence-corrected chi connectivity index (χ2v) is 12.8. The monoisotopic (exact) mass is 699 g/mol. The van der Waals surface area contributed by atoms with Gasteiger partial charge in [0.2, 0.25) is 0 Å². The second-order valence-electron chi connectivity index (χ2n) is 12.8. The molecule has 3 aromatic carbocycles. The number of hydrogen-bond acceptors (Lipinski definition) is 10. The van der Waals surface area contributed by atoms with E-state index in [4.69, 9.17) is 14.5 Å². The van der Waals surface area contributed by atoms with Crippen LogP contribution in [-0.2, 0) is 36.1 Å². The van der Waals surface area contributed by atoms with Gasteiger partial charge in [-0.25, -0.2) is 14.0 Å². The van der Waals surface area contributed by atoms with Gasteiger partial charge in [0.25, 0.3) is 5.69 Å². The van der Waals surface area contributed by atoms with E-state index in [1.54, 1.807) is 33.8 Å². The van der Waals surface area contributed by atoms with E-state index < -0.39 is 28.1 Å². The number of carbonyl (C=O) groups excluding carboxylic acids is 3. The molecule has 3 aromatic rings. The van der Waals surface area contributed by atoms with Crippen molar-refractivity contribution < 1.29 is 38.2 Å². The van der Waals surface area contributed by atoms with Gasteiger partial charge < -0.3 is 9.64 Å². The largest absolute Gasteiger partial charge is 0.461 e. The first-order valence-corrected chi connectivity index (χ1v) is 17.0. The van der Waals surface area contributed by atoms with E-state index in [2.05, 4.69) is 4.90 Å². The molecule has 0 amide bonds. The minimum atomic E-state index is -1.67. The van der Waals surface area contributed by atoms with Crippen LogP contribution < -0.4 is 0 Å². The summed E-state index contributed by atoms with van der Waals surface area (Å²) in [6, 6.07) is 21.1. The topological polar surface area (TPSA) is 129 Å². The van der Waals surface area contributed by atoms with Gasteiger partial charge in [-0.3, -0.25) is 24.7 Å². The van der Waals surface area contributed by atoms with Gasteiger partial charge in [0.1, 0.15) is 12.4 Å². The summed E-state index contributed by atoms with van der Waals surface area (Å²) >= 11 is 0. The highest BCUT2D eigenvalue weighted by molar-refractivity contribution is 6.02. The zero-order valence-corrected chi connectivity index (χ0v) is 29.2. The number of nitro benzene ring substituents is 1. The number of likely N-dealkylation sites (tertiary alicyclic amines) is 1. The van der Waals surface area contributed by atoms with E-state index in [-0.39, 0.29) is 47.3 Å². The van der Waals surface area contributed by atoms with E-state index >= 15 is 0 Å². The number of rotatable bonds is 13. The number of nitrogens with zero attached hydrogens (tertiary/aromatic N) is 3. The van der Waals surface area contributed by atoms with Crippen LogP contribution in [0.1, 0.15) is 62.0 Å². The summed E-state index contributed by atoms with van der Waals surface area (Å²) in [4.78, 5) is 67.2. The number of piperidine rings is 1. The molecule has 0 aromatic heterocycles. The number of nitro groups is 1. The van der Waals surface area contributed by atoms with Gasteiger partial charge in [-0.2, -0.15) is 4.89 Å². The number of para-hydroxylation sites is 1. The third-order valence-corrected chi connectivity index (χ3v) is 9.74. The Morgan fingerprint density at radius 2 is 1.51 bits per heavy atom. The van der Waals surface area contributed by atoms with Crippen molar-refractivity contribution in [2.75, 3.05) is 32.8 Å². The quantitative estimate of drug-likeness (QED) is 0.0626. The summed E-state index contributed by atoms with van der Waals surface area (Å²) < 4.78 is 19.3. The predicted molar refractivity (Wildman–Crippen MR) is 186 cm³/mol. The maximum absolute atomic E-state index is 14.4. The van der Waals surface area contributed by atoms with Gasteiger partial charge in [-0.1, -0.05) is 48.5 Å². The number of allylic oxidation sites excluding steroid dienone is 2. The van der Waals surface area contributed by atoms with E-state index in [9.17, 15) is 28.9 Å². The Morgan fingerprint density at radius 1 is 0.902 bits per heavy atom. The fraction of sp³-hybridized carbons (Fsp3) is 0.359. The summed E-state index contributed by atoms with van der Waals surface area (Å²) in [6.07, 6.45) is 1.21. The van der Waals surface area contributed by atoms with E-state index in [1.807, 2.05) is 35.2 Å². The van der Waals surface area contributed by atoms with Gasteiger partial charge in [0.05, 0.1) is 28.1 Å². The van der Waals surface area contributed by atoms with Crippen LogP contribution in [0.15, 0.2) is 101 Å². The second kappa shape index (κ2) is 16.2. The molecule has 2 aliphatic rings. The average molecular weight is 700 g/mol. The molecule has 1 saturated heterocycles. The Morgan fingerprint density at radius 3 is 2.14 bits per heavy atom. The molecule has 0 bridgehead atoms. The molecule has 2 heterocycles. The third kappa shape index (κ3) is 7.92. The van der Waals surface area contributed by atoms with Crippen LogP contribution in [-0.4, -0.2) is 65.3 Å². The standard InChI is InChI=1S/C39H42FN3O8/c1-5-50-51-38(46)35-27(3)42(25-28-11-7-6-8-12-28)26(2)34(39(35,4)32-13-9-10-14-33(32)43(47)48)37(45)49-24-23-41-21-19-30(20-22-41)36(44)29-15-17-31(40)18-16-29/h6-18,30H,5,19-25H2,1-4H3. The van der Waals surface area contributed by atoms with Crippen LogP contribution in [0, 0.1) is 21.8 Å². The highest BCUT2D eigenvalue weighted by atomic mass is 19.1. The first-order chi connectivity index (χ1) is 24.5. The summed E-state index contributed by atoms with van der Waals surface area (Å²) in [5.41, 5.74) is 0.533. The first-order valence-electron chi connectivity index (χ1n) is 17.0. The first kappa shape index (κ1) is 37.1. The Labute approximate surface area is 296 Å². The van der Waals surface area contributed by atoms with Crippen molar-refractivity contribution in [1.29, 1.82) is 0 Å². The molecule has 5 rings (SSSR count). The molecule has 2 aliphatic heterocycles.